The Morgan fingerprint density at radius 2 is 1.84 bits per heavy atom. The summed E-state index contributed by atoms with van der Waals surface area (Å²) in [5.41, 5.74) is 2.86. The van der Waals surface area contributed by atoms with Crippen LogP contribution in [0, 0.1) is 0 Å². The fourth-order valence-corrected chi connectivity index (χ4v) is 3.20. The molecule has 0 bridgehead atoms. The van der Waals surface area contributed by atoms with E-state index in [-0.39, 0.29) is 0 Å². The molecule has 4 rings (SSSR count). The number of aryl methyl sites for hydroxylation is 1. The second kappa shape index (κ2) is 5.70. The molecule has 0 radical (unpaired) electrons. The standard InChI is InChI=1S/C20H17NO4/c1-21-7-6-13-8-12(4-5-16(13)21)15-11-19(22)25-18-10-14(23-2)9-17(24-3)20(15)18/h4-11H,1-3H3. The minimum atomic E-state index is -0.411. The van der Waals surface area contributed by atoms with Crippen LogP contribution in [0.2, 0.25) is 0 Å². The van der Waals surface area contributed by atoms with E-state index in [1.807, 2.05) is 31.4 Å². The minimum absolute atomic E-state index is 0.411. The lowest BCUT2D eigenvalue weighted by atomic mass is 10.00. The van der Waals surface area contributed by atoms with Crippen LogP contribution in [0.15, 0.2) is 57.9 Å². The van der Waals surface area contributed by atoms with Crippen molar-refractivity contribution in [3.05, 3.63) is 59.1 Å². The van der Waals surface area contributed by atoms with Gasteiger partial charge in [-0.3, -0.25) is 0 Å². The van der Waals surface area contributed by atoms with Gasteiger partial charge in [0.15, 0.2) is 0 Å². The maximum atomic E-state index is 12.1. The molecule has 0 saturated heterocycles. The van der Waals surface area contributed by atoms with E-state index in [2.05, 4.69) is 10.6 Å². The summed E-state index contributed by atoms with van der Waals surface area (Å²) in [6.07, 6.45) is 2.01. The Hall–Kier alpha value is -3.21. The number of ether oxygens (including phenoxy) is 2. The van der Waals surface area contributed by atoms with Crippen LogP contribution >= 0.6 is 0 Å². The van der Waals surface area contributed by atoms with Gasteiger partial charge in [-0.05, 0) is 23.8 Å². The van der Waals surface area contributed by atoms with Crippen LogP contribution in [0.4, 0.5) is 0 Å². The molecule has 0 saturated carbocycles. The summed E-state index contributed by atoms with van der Waals surface area (Å²) >= 11 is 0. The molecule has 0 atom stereocenters. The van der Waals surface area contributed by atoms with Gasteiger partial charge in [-0.2, -0.15) is 0 Å². The predicted molar refractivity (Wildman–Crippen MR) is 97.5 cm³/mol. The Kier molecular flexibility index (Phi) is 3.50. The normalized spacial score (nSPS) is 11.2. The van der Waals surface area contributed by atoms with E-state index < -0.39 is 5.63 Å². The average Bonchev–Trinajstić information content (AvgIpc) is 3.00. The quantitative estimate of drug-likeness (QED) is 0.532. The van der Waals surface area contributed by atoms with Crippen molar-refractivity contribution in [1.29, 1.82) is 0 Å². The lowest BCUT2D eigenvalue weighted by Gasteiger charge is -2.12. The number of methoxy groups -OCH3 is 2. The van der Waals surface area contributed by atoms with Crippen molar-refractivity contribution in [1.82, 2.24) is 4.57 Å². The Balaban J connectivity index is 2.06. The van der Waals surface area contributed by atoms with Crippen molar-refractivity contribution in [2.45, 2.75) is 0 Å². The van der Waals surface area contributed by atoms with Crippen molar-refractivity contribution in [3.8, 4) is 22.6 Å². The Labute approximate surface area is 144 Å². The molecule has 0 aliphatic rings. The van der Waals surface area contributed by atoms with Gasteiger partial charge in [-0.1, -0.05) is 6.07 Å². The van der Waals surface area contributed by atoms with Crippen LogP contribution in [0.5, 0.6) is 11.5 Å². The van der Waals surface area contributed by atoms with Crippen molar-refractivity contribution >= 4 is 21.9 Å². The van der Waals surface area contributed by atoms with Crippen molar-refractivity contribution in [3.63, 3.8) is 0 Å². The van der Waals surface area contributed by atoms with Gasteiger partial charge in [0.2, 0.25) is 0 Å². The number of rotatable bonds is 3. The summed E-state index contributed by atoms with van der Waals surface area (Å²) in [5.74, 6) is 1.17. The van der Waals surface area contributed by atoms with Crippen LogP contribution in [-0.4, -0.2) is 18.8 Å². The molecule has 5 heteroatoms. The van der Waals surface area contributed by atoms with Gasteiger partial charge >= 0.3 is 5.63 Å². The maximum absolute atomic E-state index is 12.1. The highest BCUT2D eigenvalue weighted by atomic mass is 16.5. The van der Waals surface area contributed by atoms with Crippen LogP contribution in [0.1, 0.15) is 0 Å². The molecule has 2 aromatic carbocycles. The highest BCUT2D eigenvalue weighted by molar-refractivity contribution is 6.00. The fraction of sp³-hybridized carbons (Fsp3) is 0.150. The van der Waals surface area contributed by atoms with Gasteiger partial charge in [-0.15, -0.1) is 0 Å². The summed E-state index contributed by atoms with van der Waals surface area (Å²) < 4.78 is 18.2. The van der Waals surface area contributed by atoms with Crippen molar-refractivity contribution in [2.24, 2.45) is 7.05 Å². The first-order valence-electron chi connectivity index (χ1n) is 7.86. The van der Waals surface area contributed by atoms with Crippen molar-refractivity contribution < 1.29 is 13.9 Å². The molecule has 0 amide bonds. The first-order chi connectivity index (χ1) is 12.1. The summed E-state index contributed by atoms with van der Waals surface area (Å²) in [6, 6.07) is 13.1. The summed E-state index contributed by atoms with van der Waals surface area (Å²) in [6.45, 7) is 0. The summed E-state index contributed by atoms with van der Waals surface area (Å²) in [5, 5.41) is 1.85. The molecular formula is C20H17NO4. The van der Waals surface area contributed by atoms with E-state index in [0.29, 0.717) is 17.1 Å². The number of fused-ring (bicyclic) bond motifs is 2. The van der Waals surface area contributed by atoms with Gasteiger partial charge in [0.25, 0.3) is 0 Å². The Bertz CT molecular complexity index is 1150. The lowest BCUT2D eigenvalue weighted by Crippen LogP contribution is -2.00. The molecule has 0 unspecified atom stereocenters. The second-order valence-electron chi connectivity index (χ2n) is 5.88. The Morgan fingerprint density at radius 1 is 1.00 bits per heavy atom. The third-order valence-electron chi connectivity index (χ3n) is 4.43. The highest BCUT2D eigenvalue weighted by Gasteiger charge is 2.15. The number of hydrogen-bond acceptors (Lipinski definition) is 4. The molecule has 0 N–H and O–H groups in total. The largest absolute Gasteiger partial charge is 0.496 e. The maximum Gasteiger partial charge on any atom is 0.336 e. The van der Waals surface area contributed by atoms with E-state index in [0.717, 1.165) is 27.4 Å². The van der Waals surface area contributed by atoms with E-state index >= 15 is 0 Å². The van der Waals surface area contributed by atoms with Gasteiger partial charge < -0.3 is 18.5 Å². The van der Waals surface area contributed by atoms with Crippen LogP contribution in [-0.2, 0) is 7.05 Å². The smallest absolute Gasteiger partial charge is 0.336 e. The van der Waals surface area contributed by atoms with Gasteiger partial charge in [0, 0.05) is 47.9 Å². The zero-order valence-corrected chi connectivity index (χ0v) is 14.2. The molecule has 2 heterocycles. The highest BCUT2D eigenvalue weighted by Crippen LogP contribution is 2.38. The van der Waals surface area contributed by atoms with Crippen LogP contribution in [0.3, 0.4) is 0 Å². The number of nitrogens with zero attached hydrogens (tertiary/aromatic N) is 1. The van der Waals surface area contributed by atoms with E-state index in [1.54, 1.807) is 26.4 Å². The number of hydrogen-bond donors (Lipinski definition) is 0. The average molecular weight is 335 g/mol. The molecule has 2 aromatic heterocycles. The third-order valence-corrected chi connectivity index (χ3v) is 4.43. The van der Waals surface area contributed by atoms with E-state index in [9.17, 15) is 4.79 Å². The van der Waals surface area contributed by atoms with Crippen molar-refractivity contribution in [2.75, 3.05) is 14.2 Å². The zero-order valence-electron chi connectivity index (χ0n) is 14.2. The summed E-state index contributed by atoms with van der Waals surface area (Å²) in [4.78, 5) is 12.1. The zero-order chi connectivity index (χ0) is 17.6. The van der Waals surface area contributed by atoms with E-state index in [4.69, 9.17) is 13.9 Å². The fourth-order valence-electron chi connectivity index (χ4n) is 3.20. The summed E-state index contributed by atoms with van der Waals surface area (Å²) in [7, 11) is 5.15. The van der Waals surface area contributed by atoms with Crippen LogP contribution in [0.25, 0.3) is 33.0 Å². The number of benzene rings is 2. The lowest BCUT2D eigenvalue weighted by molar-refractivity contribution is 0.396. The Morgan fingerprint density at radius 3 is 2.60 bits per heavy atom. The van der Waals surface area contributed by atoms with E-state index in [1.165, 1.54) is 6.07 Å². The minimum Gasteiger partial charge on any atom is -0.496 e. The first-order valence-corrected chi connectivity index (χ1v) is 7.86. The predicted octanol–water partition coefficient (Wildman–Crippen LogP) is 3.97. The third kappa shape index (κ3) is 2.45. The molecular weight excluding hydrogens is 318 g/mol. The number of aromatic nitrogens is 1. The molecule has 5 nitrogen and oxygen atoms in total. The first kappa shape index (κ1) is 15.3. The monoisotopic (exact) mass is 335 g/mol. The molecule has 4 aromatic rings. The molecule has 0 spiro atoms. The van der Waals surface area contributed by atoms with Gasteiger partial charge in [0.1, 0.15) is 17.1 Å². The molecule has 126 valence electrons. The van der Waals surface area contributed by atoms with Gasteiger partial charge in [-0.25, -0.2) is 4.79 Å². The second-order valence-corrected chi connectivity index (χ2v) is 5.88. The SMILES string of the molecule is COc1cc(OC)c2c(-c3ccc4c(ccn4C)c3)cc(=O)oc2c1. The van der Waals surface area contributed by atoms with Crippen LogP contribution < -0.4 is 15.1 Å². The topological polar surface area (TPSA) is 53.6 Å². The molecule has 0 aliphatic carbocycles. The molecule has 25 heavy (non-hydrogen) atoms. The molecule has 0 aliphatic heterocycles. The molecule has 0 fully saturated rings. The van der Waals surface area contributed by atoms with Gasteiger partial charge in [0.05, 0.1) is 19.6 Å².